The van der Waals surface area contributed by atoms with Gasteiger partial charge in [-0.2, -0.15) is 0 Å². The number of nitrogens with zero attached hydrogens (tertiary/aromatic N) is 1. The molecule has 1 saturated heterocycles. The van der Waals surface area contributed by atoms with Gasteiger partial charge in [0.2, 0.25) is 0 Å². The maximum Gasteiger partial charge on any atom is 0.151 e. The molecule has 16 heavy (non-hydrogen) atoms. The molecule has 4 nitrogen and oxygen atoms in total. The topological polar surface area (TPSA) is 49.4 Å². The Morgan fingerprint density at radius 1 is 1.50 bits per heavy atom. The van der Waals surface area contributed by atoms with Gasteiger partial charge in [-0.3, -0.25) is 4.90 Å². The predicted molar refractivity (Wildman–Crippen MR) is 67.4 cm³/mol. The van der Waals surface area contributed by atoms with Gasteiger partial charge in [-0.1, -0.05) is 13.3 Å². The monoisotopic (exact) mass is 248 g/mol. The second-order valence-electron chi connectivity index (χ2n) is 4.72. The number of sulfone groups is 1. The zero-order valence-electron chi connectivity index (χ0n) is 10.6. The molecule has 0 radical (unpaired) electrons. The van der Waals surface area contributed by atoms with E-state index in [1.165, 1.54) is 0 Å². The van der Waals surface area contributed by atoms with Gasteiger partial charge in [-0.25, -0.2) is 8.42 Å². The van der Waals surface area contributed by atoms with E-state index in [9.17, 15) is 8.42 Å². The van der Waals surface area contributed by atoms with Crippen molar-refractivity contribution in [3.63, 3.8) is 0 Å². The van der Waals surface area contributed by atoms with E-state index < -0.39 is 9.84 Å². The van der Waals surface area contributed by atoms with Crippen molar-refractivity contribution >= 4 is 9.84 Å². The fourth-order valence-corrected chi connectivity index (χ4v) is 4.20. The molecular weight excluding hydrogens is 224 g/mol. The molecule has 0 aromatic rings. The highest BCUT2D eigenvalue weighted by molar-refractivity contribution is 7.91. The summed E-state index contributed by atoms with van der Waals surface area (Å²) in [5.74, 6) is 0.702. The SMILES string of the molecule is CCCC(CNC)N(C)C1CCS(=O)(=O)C1. The summed E-state index contributed by atoms with van der Waals surface area (Å²) >= 11 is 0. The highest BCUT2D eigenvalue weighted by Crippen LogP contribution is 2.19. The van der Waals surface area contributed by atoms with E-state index in [0.717, 1.165) is 25.8 Å². The Bertz CT molecular complexity index is 297. The van der Waals surface area contributed by atoms with E-state index >= 15 is 0 Å². The molecule has 96 valence electrons. The molecular formula is C11H24N2O2S. The van der Waals surface area contributed by atoms with E-state index in [0.29, 0.717) is 17.5 Å². The van der Waals surface area contributed by atoms with E-state index in [-0.39, 0.29) is 6.04 Å². The molecule has 0 aliphatic carbocycles. The lowest BCUT2D eigenvalue weighted by molar-refractivity contribution is 0.175. The van der Waals surface area contributed by atoms with Crippen molar-refractivity contribution in [2.24, 2.45) is 0 Å². The summed E-state index contributed by atoms with van der Waals surface area (Å²) in [5, 5.41) is 3.19. The molecule has 0 spiro atoms. The third kappa shape index (κ3) is 3.71. The Hall–Kier alpha value is -0.130. The average molecular weight is 248 g/mol. The summed E-state index contributed by atoms with van der Waals surface area (Å²) in [6.07, 6.45) is 3.05. The highest BCUT2D eigenvalue weighted by atomic mass is 32.2. The van der Waals surface area contributed by atoms with E-state index in [2.05, 4.69) is 24.2 Å². The van der Waals surface area contributed by atoms with Crippen LogP contribution in [0.2, 0.25) is 0 Å². The van der Waals surface area contributed by atoms with Crippen LogP contribution in [-0.2, 0) is 9.84 Å². The van der Waals surface area contributed by atoms with Gasteiger partial charge >= 0.3 is 0 Å². The minimum Gasteiger partial charge on any atom is -0.318 e. The largest absolute Gasteiger partial charge is 0.318 e. The highest BCUT2D eigenvalue weighted by Gasteiger charge is 2.32. The maximum atomic E-state index is 11.4. The molecule has 0 saturated carbocycles. The van der Waals surface area contributed by atoms with Gasteiger partial charge in [0.05, 0.1) is 11.5 Å². The molecule has 1 heterocycles. The van der Waals surface area contributed by atoms with Crippen LogP contribution >= 0.6 is 0 Å². The normalized spacial score (nSPS) is 26.1. The third-order valence-corrected chi connectivity index (χ3v) is 5.17. The van der Waals surface area contributed by atoms with E-state index in [4.69, 9.17) is 0 Å². The summed E-state index contributed by atoms with van der Waals surface area (Å²) in [6.45, 7) is 3.10. The molecule has 0 aromatic heterocycles. The number of rotatable bonds is 6. The lowest BCUT2D eigenvalue weighted by Gasteiger charge is -2.32. The molecule has 1 aliphatic rings. The summed E-state index contributed by atoms with van der Waals surface area (Å²) in [5.41, 5.74) is 0. The molecule has 0 bridgehead atoms. The smallest absolute Gasteiger partial charge is 0.151 e. The Balaban J connectivity index is 2.57. The summed E-state index contributed by atoms with van der Waals surface area (Å²) in [4.78, 5) is 2.25. The molecule has 2 atom stereocenters. The second kappa shape index (κ2) is 5.98. The van der Waals surface area contributed by atoms with Crippen molar-refractivity contribution in [3.05, 3.63) is 0 Å². The van der Waals surface area contributed by atoms with Crippen LogP contribution in [0.15, 0.2) is 0 Å². The molecule has 1 fully saturated rings. The molecule has 5 heteroatoms. The predicted octanol–water partition coefficient (Wildman–Crippen LogP) is 0.493. The Kier molecular flexibility index (Phi) is 5.21. The molecule has 2 unspecified atom stereocenters. The molecule has 0 aromatic carbocycles. The lowest BCUT2D eigenvalue weighted by atomic mass is 10.1. The number of hydrogen-bond acceptors (Lipinski definition) is 4. The minimum absolute atomic E-state index is 0.217. The van der Waals surface area contributed by atoms with Crippen molar-refractivity contribution < 1.29 is 8.42 Å². The quantitative estimate of drug-likeness (QED) is 0.743. The van der Waals surface area contributed by atoms with Gasteiger partial charge in [-0.05, 0) is 26.9 Å². The number of hydrogen-bond donors (Lipinski definition) is 1. The van der Waals surface area contributed by atoms with Crippen LogP contribution in [0.5, 0.6) is 0 Å². The Labute approximate surface area is 99.3 Å². The number of likely N-dealkylation sites (N-methyl/N-ethyl adjacent to an activating group) is 2. The number of nitrogens with one attached hydrogen (secondary N) is 1. The van der Waals surface area contributed by atoms with Crippen LogP contribution in [0.1, 0.15) is 26.2 Å². The first-order valence-electron chi connectivity index (χ1n) is 6.07. The first-order chi connectivity index (χ1) is 7.50. The fraction of sp³-hybridized carbons (Fsp3) is 1.00. The van der Waals surface area contributed by atoms with Crippen LogP contribution in [0.3, 0.4) is 0 Å². The standard InChI is InChI=1S/C11H24N2O2S/c1-4-5-10(8-12-2)13(3)11-6-7-16(14,15)9-11/h10-12H,4-9H2,1-3H3. The average Bonchev–Trinajstić information content (AvgIpc) is 2.57. The van der Waals surface area contributed by atoms with Crippen LogP contribution in [0, 0.1) is 0 Å². The fourth-order valence-electron chi connectivity index (χ4n) is 2.41. The summed E-state index contributed by atoms with van der Waals surface area (Å²) in [6, 6.07) is 0.670. The molecule has 0 amide bonds. The van der Waals surface area contributed by atoms with Crippen LogP contribution < -0.4 is 5.32 Å². The van der Waals surface area contributed by atoms with Crippen LogP contribution in [0.4, 0.5) is 0 Å². The van der Waals surface area contributed by atoms with Gasteiger partial charge < -0.3 is 5.32 Å². The molecule has 1 aliphatic heterocycles. The Morgan fingerprint density at radius 3 is 2.62 bits per heavy atom. The second-order valence-corrected chi connectivity index (χ2v) is 6.95. The van der Waals surface area contributed by atoms with E-state index in [1.807, 2.05) is 7.05 Å². The van der Waals surface area contributed by atoms with Crippen LogP contribution in [0.25, 0.3) is 0 Å². The summed E-state index contributed by atoms with van der Waals surface area (Å²) < 4.78 is 22.9. The zero-order valence-corrected chi connectivity index (χ0v) is 11.4. The van der Waals surface area contributed by atoms with Crippen LogP contribution in [-0.4, -0.2) is 57.5 Å². The Morgan fingerprint density at radius 2 is 2.19 bits per heavy atom. The van der Waals surface area contributed by atoms with Crippen molar-refractivity contribution in [3.8, 4) is 0 Å². The van der Waals surface area contributed by atoms with Gasteiger partial charge in [0, 0.05) is 18.6 Å². The van der Waals surface area contributed by atoms with Crippen molar-refractivity contribution in [2.45, 2.75) is 38.3 Å². The zero-order chi connectivity index (χ0) is 12.2. The van der Waals surface area contributed by atoms with Gasteiger partial charge in [0.1, 0.15) is 0 Å². The summed E-state index contributed by atoms with van der Waals surface area (Å²) in [7, 11) is 1.24. The minimum atomic E-state index is -2.77. The van der Waals surface area contributed by atoms with Gasteiger partial charge in [0.25, 0.3) is 0 Å². The molecule has 1 rings (SSSR count). The van der Waals surface area contributed by atoms with E-state index in [1.54, 1.807) is 0 Å². The van der Waals surface area contributed by atoms with Crippen molar-refractivity contribution in [2.75, 3.05) is 32.1 Å². The first kappa shape index (κ1) is 13.9. The third-order valence-electron chi connectivity index (χ3n) is 3.42. The molecule has 1 N–H and O–H groups in total. The van der Waals surface area contributed by atoms with Gasteiger partial charge in [-0.15, -0.1) is 0 Å². The first-order valence-corrected chi connectivity index (χ1v) is 7.89. The maximum absolute atomic E-state index is 11.4. The van der Waals surface area contributed by atoms with Gasteiger partial charge in [0.15, 0.2) is 9.84 Å². The lowest BCUT2D eigenvalue weighted by Crippen LogP contribution is -2.45. The van der Waals surface area contributed by atoms with Crippen molar-refractivity contribution in [1.82, 2.24) is 10.2 Å². The van der Waals surface area contributed by atoms with Crippen molar-refractivity contribution in [1.29, 1.82) is 0 Å².